The van der Waals surface area contributed by atoms with Crippen LogP contribution in [0.3, 0.4) is 0 Å². The van der Waals surface area contributed by atoms with Crippen molar-refractivity contribution >= 4 is 23.9 Å². The van der Waals surface area contributed by atoms with Crippen LogP contribution in [0.4, 0.5) is 17.5 Å². The summed E-state index contributed by atoms with van der Waals surface area (Å²) < 4.78 is 0. The molecule has 0 saturated carbocycles. The number of nitrogens with one attached hydrogen (secondary N) is 1. The van der Waals surface area contributed by atoms with Gasteiger partial charge in [0, 0.05) is 43.5 Å². The minimum atomic E-state index is 0.684. The van der Waals surface area contributed by atoms with Crippen molar-refractivity contribution in [3.63, 3.8) is 0 Å². The molecule has 3 aromatic rings. The second kappa shape index (κ2) is 8.73. The minimum absolute atomic E-state index is 0.684. The molecule has 0 bridgehead atoms. The molecule has 0 unspecified atom stereocenters. The highest BCUT2D eigenvalue weighted by Gasteiger charge is 2.19. The Hall–Kier alpha value is -3.41. The third kappa shape index (κ3) is 4.54. The van der Waals surface area contributed by atoms with E-state index in [0.29, 0.717) is 19.0 Å². The SMILES string of the molecule is CCc1ccc(Nc2cc(-c3ccccc3)nc(N3CCN(C=O)CC3)n2)cc1. The lowest BCUT2D eigenvalue weighted by molar-refractivity contribution is -0.118. The molecule has 0 aliphatic carbocycles. The number of nitrogens with zero attached hydrogens (tertiary/aromatic N) is 4. The number of carbonyl (C=O) groups excluding carboxylic acids is 1. The Labute approximate surface area is 171 Å². The maximum atomic E-state index is 11.0. The van der Waals surface area contributed by atoms with E-state index in [9.17, 15) is 4.79 Å². The number of piperazine rings is 1. The first kappa shape index (κ1) is 18.9. The predicted molar refractivity (Wildman–Crippen MR) is 116 cm³/mol. The first-order valence-corrected chi connectivity index (χ1v) is 10.00. The summed E-state index contributed by atoms with van der Waals surface area (Å²) >= 11 is 0. The van der Waals surface area contributed by atoms with E-state index >= 15 is 0 Å². The zero-order valence-electron chi connectivity index (χ0n) is 16.6. The number of hydrogen-bond acceptors (Lipinski definition) is 5. The molecule has 2 heterocycles. The highest BCUT2D eigenvalue weighted by Crippen LogP contribution is 2.25. The third-order valence-electron chi connectivity index (χ3n) is 5.16. The van der Waals surface area contributed by atoms with Crippen molar-refractivity contribution in [2.24, 2.45) is 0 Å². The highest BCUT2D eigenvalue weighted by molar-refractivity contribution is 5.67. The number of aromatic nitrogens is 2. The summed E-state index contributed by atoms with van der Waals surface area (Å²) in [6.07, 6.45) is 1.92. The fourth-order valence-electron chi connectivity index (χ4n) is 3.40. The molecule has 0 atom stereocenters. The van der Waals surface area contributed by atoms with E-state index in [4.69, 9.17) is 9.97 Å². The van der Waals surface area contributed by atoms with Crippen LogP contribution in [0.5, 0.6) is 0 Å². The van der Waals surface area contributed by atoms with Crippen molar-refractivity contribution in [3.8, 4) is 11.3 Å². The summed E-state index contributed by atoms with van der Waals surface area (Å²) in [5.41, 5.74) is 4.22. The van der Waals surface area contributed by atoms with Gasteiger partial charge in [0.25, 0.3) is 0 Å². The molecule has 2 aromatic carbocycles. The van der Waals surface area contributed by atoms with Gasteiger partial charge in [-0.1, -0.05) is 49.4 Å². The van der Waals surface area contributed by atoms with Gasteiger partial charge in [-0.3, -0.25) is 4.79 Å². The van der Waals surface area contributed by atoms with Gasteiger partial charge < -0.3 is 15.1 Å². The van der Waals surface area contributed by atoms with E-state index in [1.54, 1.807) is 4.90 Å². The maximum Gasteiger partial charge on any atom is 0.228 e. The molecule has 1 aliphatic heterocycles. The zero-order chi connectivity index (χ0) is 20.1. The Morgan fingerprint density at radius 2 is 1.69 bits per heavy atom. The van der Waals surface area contributed by atoms with Gasteiger partial charge in [-0.2, -0.15) is 4.98 Å². The molecule has 4 rings (SSSR count). The summed E-state index contributed by atoms with van der Waals surface area (Å²) in [6, 6.07) is 20.5. The highest BCUT2D eigenvalue weighted by atomic mass is 16.1. The molecule has 1 amide bonds. The number of hydrogen-bond donors (Lipinski definition) is 1. The van der Waals surface area contributed by atoms with Crippen molar-refractivity contribution in [2.45, 2.75) is 13.3 Å². The second-order valence-corrected chi connectivity index (χ2v) is 7.11. The Bertz CT molecular complexity index is 951. The lowest BCUT2D eigenvalue weighted by Gasteiger charge is -2.32. The molecule has 1 aromatic heterocycles. The summed E-state index contributed by atoms with van der Waals surface area (Å²) in [6.45, 7) is 4.96. The third-order valence-corrected chi connectivity index (χ3v) is 5.16. The summed E-state index contributed by atoms with van der Waals surface area (Å²) in [5.74, 6) is 1.44. The molecule has 1 saturated heterocycles. The van der Waals surface area contributed by atoms with Crippen LogP contribution in [-0.4, -0.2) is 47.5 Å². The fraction of sp³-hybridized carbons (Fsp3) is 0.261. The van der Waals surface area contributed by atoms with E-state index in [0.717, 1.165) is 48.7 Å². The van der Waals surface area contributed by atoms with E-state index in [2.05, 4.69) is 53.5 Å². The van der Waals surface area contributed by atoms with Gasteiger partial charge in [-0.05, 0) is 24.1 Å². The quantitative estimate of drug-likeness (QED) is 0.653. The minimum Gasteiger partial charge on any atom is -0.342 e. The maximum absolute atomic E-state index is 11.0. The van der Waals surface area contributed by atoms with Gasteiger partial charge >= 0.3 is 0 Å². The van der Waals surface area contributed by atoms with Gasteiger partial charge in [-0.15, -0.1) is 0 Å². The number of amides is 1. The topological polar surface area (TPSA) is 61.4 Å². The average Bonchev–Trinajstić information content (AvgIpc) is 2.80. The number of aryl methyl sites for hydroxylation is 1. The van der Waals surface area contributed by atoms with E-state index in [1.165, 1.54) is 5.56 Å². The second-order valence-electron chi connectivity index (χ2n) is 7.11. The van der Waals surface area contributed by atoms with E-state index in [1.807, 2.05) is 24.3 Å². The Morgan fingerprint density at radius 1 is 0.966 bits per heavy atom. The Balaban J connectivity index is 1.65. The van der Waals surface area contributed by atoms with Gasteiger partial charge in [0.15, 0.2) is 0 Å². The number of rotatable bonds is 6. The van der Waals surface area contributed by atoms with E-state index in [-0.39, 0.29) is 0 Å². The normalized spacial score (nSPS) is 14.0. The standard InChI is InChI=1S/C23H25N5O/c1-2-18-8-10-20(11-9-18)24-22-16-21(19-6-4-3-5-7-19)25-23(26-22)28-14-12-27(17-29)13-15-28/h3-11,16-17H,2,12-15H2,1H3,(H,24,25,26). The molecule has 1 N–H and O–H groups in total. The average molecular weight is 387 g/mol. The number of anilines is 3. The predicted octanol–water partition coefficient (Wildman–Crippen LogP) is 3.73. The first-order valence-electron chi connectivity index (χ1n) is 10.00. The monoisotopic (exact) mass is 387 g/mol. The van der Waals surface area contributed by atoms with Crippen LogP contribution in [0.1, 0.15) is 12.5 Å². The van der Waals surface area contributed by atoms with Crippen molar-refractivity contribution in [2.75, 3.05) is 36.4 Å². The smallest absolute Gasteiger partial charge is 0.228 e. The van der Waals surface area contributed by atoms with Crippen molar-refractivity contribution in [3.05, 3.63) is 66.2 Å². The van der Waals surface area contributed by atoms with Crippen LogP contribution in [-0.2, 0) is 11.2 Å². The van der Waals surface area contributed by atoms with Crippen LogP contribution in [0.15, 0.2) is 60.7 Å². The molecule has 6 heteroatoms. The van der Waals surface area contributed by atoms with Gasteiger partial charge in [0.1, 0.15) is 5.82 Å². The fourth-order valence-corrected chi connectivity index (χ4v) is 3.40. The van der Waals surface area contributed by atoms with Crippen LogP contribution < -0.4 is 10.2 Å². The molecule has 1 aliphatic rings. The summed E-state index contributed by atoms with van der Waals surface area (Å²) in [4.78, 5) is 24.5. The first-order chi connectivity index (χ1) is 14.2. The molecule has 0 spiro atoms. The lowest BCUT2D eigenvalue weighted by atomic mass is 10.1. The zero-order valence-corrected chi connectivity index (χ0v) is 16.6. The Morgan fingerprint density at radius 3 is 2.34 bits per heavy atom. The van der Waals surface area contributed by atoms with Crippen LogP contribution in [0.25, 0.3) is 11.3 Å². The van der Waals surface area contributed by atoms with E-state index < -0.39 is 0 Å². The van der Waals surface area contributed by atoms with Crippen LogP contribution in [0, 0.1) is 0 Å². The van der Waals surface area contributed by atoms with Gasteiger partial charge in [0.05, 0.1) is 5.69 Å². The lowest BCUT2D eigenvalue weighted by Crippen LogP contribution is -2.46. The molecule has 29 heavy (non-hydrogen) atoms. The number of carbonyl (C=O) groups is 1. The van der Waals surface area contributed by atoms with Gasteiger partial charge in [-0.25, -0.2) is 4.98 Å². The van der Waals surface area contributed by atoms with Crippen LogP contribution in [0.2, 0.25) is 0 Å². The molecule has 0 radical (unpaired) electrons. The molecular formula is C23H25N5O. The largest absolute Gasteiger partial charge is 0.342 e. The summed E-state index contributed by atoms with van der Waals surface area (Å²) in [5, 5.41) is 3.42. The molecule has 1 fully saturated rings. The molecular weight excluding hydrogens is 362 g/mol. The number of benzene rings is 2. The summed E-state index contributed by atoms with van der Waals surface area (Å²) in [7, 11) is 0. The van der Waals surface area contributed by atoms with Crippen LogP contribution >= 0.6 is 0 Å². The van der Waals surface area contributed by atoms with Gasteiger partial charge in [0.2, 0.25) is 12.4 Å². The van der Waals surface area contributed by atoms with Crippen molar-refractivity contribution in [1.29, 1.82) is 0 Å². The Kier molecular flexibility index (Phi) is 5.70. The molecule has 148 valence electrons. The van der Waals surface area contributed by atoms with Crippen molar-refractivity contribution in [1.82, 2.24) is 14.9 Å². The molecule has 6 nitrogen and oxygen atoms in total. The van der Waals surface area contributed by atoms with Crippen molar-refractivity contribution < 1.29 is 4.79 Å².